The summed E-state index contributed by atoms with van der Waals surface area (Å²) in [6, 6.07) is 8.19. The van der Waals surface area contributed by atoms with Gasteiger partial charge in [0.25, 0.3) is 0 Å². The Morgan fingerprint density at radius 1 is 1.08 bits per heavy atom. The van der Waals surface area contributed by atoms with Gasteiger partial charge in [-0.25, -0.2) is 0 Å². The van der Waals surface area contributed by atoms with Crippen LogP contribution < -0.4 is 10.6 Å². The Morgan fingerprint density at radius 2 is 1.84 bits per heavy atom. The van der Waals surface area contributed by atoms with Crippen LogP contribution in [-0.2, 0) is 19.6 Å². The second kappa shape index (κ2) is 8.26. The Bertz CT molecular complexity index is 839. The van der Waals surface area contributed by atoms with E-state index in [9.17, 15) is 0 Å². The topological polar surface area (TPSA) is 59.7 Å². The number of hydrogen-bond donors (Lipinski definition) is 2. The Balaban J connectivity index is 1.50. The maximum atomic E-state index is 5.33. The molecule has 0 spiro atoms. The smallest absolute Gasteiger partial charge is 0.171 e. The molecule has 2 N–H and O–H groups in total. The number of nitrogens with one attached hydrogen (secondary N) is 2. The lowest BCUT2D eigenvalue weighted by Crippen LogP contribution is -2.27. The zero-order valence-corrected chi connectivity index (χ0v) is 16.2. The minimum atomic E-state index is 0.562. The fourth-order valence-corrected chi connectivity index (χ4v) is 2.77. The highest BCUT2D eigenvalue weighted by molar-refractivity contribution is 9.10. The molecule has 1 aromatic carbocycles. The van der Waals surface area contributed by atoms with Crippen LogP contribution in [0, 0.1) is 0 Å². The molecule has 2 aromatic heterocycles. The molecule has 3 aromatic rings. The monoisotopic (exact) mass is 418 g/mol. The number of hydrogen-bond acceptors (Lipinski definition) is 3. The van der Waals surface area contributed by atoms with Crippen molar-refractivity contribution in [3.8, 4) is 0 Å². The largest absolute Gasteiger partial charge is 0.358 e. The van der Waals surface area contributed by atoms with Crippen molar-refractivity contribution in [2.75, 3.05) is 5.32 Å². The molecule has 0 radical (unpaired) electrons. The van der Waals surface area contributed by atoms with Crippen LogP contribution in [0.15, 0.2) is 53.5 Å². The molecule has 0 unspecified atom stereocenters. The van der Waals surface area contributed by atoms with E-state index in [2.05, 4.69) is 55.8 Å². The van der Waals surface area contributed by atoms with Crippen molar-refractivity contribution in [2.24, 2.45) is 0 Å². The number of aryl methyl sites for hydroxylation is 1. The van der Waals surface area contributed by atoms with Crippen LogP contribution >= 0.6 is 28.1 Å². The fraction of sp³-hybridized carbons (Fsp3) is 0.235. The molecular formula is C17H19BrN6S. The van der Waals surface area contributed by atoms with E-state index >= 15 is 0 Å². The molecule has 3 rings (SSSR count). The van der Waals surface area contributed by atoms with Gasteiger partial charge in [-0.15, -0.1) is 0 Å². The third-order valence-corrected chi connectivity index (χ3v) is 4.39. The van der Waals surface area contributed by atoms with E-state index < -0.39 is 0 Å². The summed E-state index contributed by atoms with van der Waals surface area (Å²) in [7, 11) is 0. The van der Waals surface area contributed by atoms with Gasteiger partial charge in [0.15, 0.2) is 5.11 Å². The zero-order chi connectivity index (χ0) is 17.6. The Hall–Kier alpha value is -2.19. The zero-order valence-electron chi connectivity index (χ0n) is 13.8. The normalized spacial score (nSPS) is 10.6. The summed E-state index contributed by atoms with van der Waals surface area (Å²) in [6.07, 6.45) is 7.55. The molecule has 0 saturated carbocycles. The maximum absolute atomic E-state index is 5.33. The van der Waals surface area contributed by atoms with Gasteiger partial charge in [-0.3, -0.25) is 9.36 Å². The van der Waals surface area contributed by atoms with Crippen LogP contribution in [0.4, 0.5) is 5.69 Å². The van der Waals surface area contributed by atoms with Crippen molar-refractivity contribution in [3.63, 3.8) is 0 Å². The molecule has 0 fully saturated rings. The SMILES string of the molecule is CCn1cc(CNC(=S)Nc2cnn(Cc3ccc(Br)cc3)c2)cn1. The Labute approximate surface area is 160 Å². The Kier molecular flexibility index (Phi) is 5.83. The molecule has 0 atom stereocenters. The third kappa shape index (κ3) is 5.14. The van der Waals surface area contributed by atoms with Gasteiger partial charge in [-0.2, -0.15) is 10.2 Å². The van der Waals surface area contributed by atoms with Gasteiger partial charge in [-0.05, 0) is 36.8 Å². The lowest BCUT2D eigenvalue weighted by Gasteiger charge is -2.07. The average molecular weight is 419 g/mol. The van der Waals surface area contributed by atoms with Crippen LogP contribution in [0.5, 0.6) is 0 Å². The van der Waals surface area contributed by atoms with Crippen molar-refractivity contribution in [1.82, 2.24) is 24.9 Å². The summed E-state index contributed by atoms with van der Waals surface area (Å²) in [6.45, 7) is 4.27. The van der Waals surface area contributed by atoms with E-state index in [1.807, 2.05) is 40.1 Å². The fourth-order valence-electron chi connectivity index (χ4n) is 2.32. The second-order valence-electron chi connectivity index (χ2n) is 5.57. The summed E-state index contributed by atoms with van der Waals surface area (Å²) in [5, 5.41) is 15.5. The number of halogens is 1. The van der Waals surface area contributed by atoms with Crippen molar-refractivity contribution in [2.45, 2.75) is 26.6 Å². The first-order chi connectivity index (χ1) is 12.1. The van der Waals surface area contributed by atoms with E-state index in [0.29, 0.717) is 18.2 Å². The average Bonchev–Trinajstić information content (AvgIpc) is 3.24. The molecule has 8 heteroatoms. The molecule has 130 valence electrons. The van der Waals surface area contributed by atoms with Crippen molar-refractivity contribution < 1.29 is 0 Å². The van der Waals surface area contributed by atoms with Crippen LogP contribution in [0.1, 0.15) is 18.1 Å². The molecule has 25 heavy (non-hydrogen) atoms. The van der Waals surface area contributed by atoms with Gasteiger partial charge in [0.05, 0.1) is 24.6 Å². The summed E-state index contributed by atoms with van der Waals surface area (Å²) >= 11 is 8.77. The molecular weight excluding hydrogens is 400 g/mol. The lowest BCUT2D eigenvalue weighted by molar-refractivity contribution is 0.659. The highest BCUT2D eigenvalue weighted by atomic mass is 79.9. The summed E-state index contributed by atoms with van der Waals surface area (Å²) in [4.78, 5) is 0. The molecule has 0 amide bonds. The summed E-state index contributed by atoms with van der Waals surface area (Å²) in [5.74, 6) is 0. The number of anilines is 1. The highest BCUT2D eigenvalue weighted by Crippen LogP contribution is 2.12. The van der Waals surface area contributed by atoms with E-state index in [1.165, 1.54) is 5.56 Å². The van der Waals surface area contributed by atoms with E-state index in [0.717, 1.165) is 22.3 Å². The third-order valence-electron chi connectivity index (χ3n) is 3.61. The molecule has 0 bridgehead atoms. The highest BCUT2D eigenvalue weighted by Gasteiger charge is 2.03. The van der Waals surface area contributed by atoms with Gasteiger partial charge in [-0.1, -0.05) is 28.1 Å². The summed E-state index contributed by atoms with van der Waals surface area (Å²) < 4.78 is 4.83. The van der Waals surface area contributed by atoms with Crippen LogP contribution in [0.3, 0.4) is 0 Å². The van der Waals surface area contributed by atoms with Gasteiger partial charge in [0.1, 0.15) is 0 Å². The van der Waals surface area contributed by atoms with Crippen molar-refractivity contribution >= 4 is 38.9 Å². The molecule has 0 aliphatic heterocycles. The first-order valence-corrected chi connectivity index (χ1v) is 9.15. The number of thiocarbonyl (C=S) groups is 1. The number of nitrogens with zero attached hydrogens (tertiary/aromatic N) is 4. The van der Waals surface area contributed by atoms with Crippen molar-refractivity contribution in [1.29, 1.82) is 0 Å². The van der Waals surface area contributed by atoms with Gasteiger partial charge >= 0.3 is 0 Å². The predicted molar refractivity (Wildman–Crippen MR) is 106 cm³/mol. The van der Waals surface area contributed by atoms with Gasteiger partial charge < -0.3 is 10.6 Å². The molecule has 2 heterocycles. The second-order valence-corrected chi connectivity index (χ2v) is 6.89. The van der Waals surface area contributed by atoms with E-state index in [-0.39, 0.29) is 0 Å². The van der Waals surface area contributed by atoms with Crippen LogP contribution in [0.2, 0.25) is 0 Å². The number of rotatable bonds is 6. The van der Waals surface area contributed by atoms with Crippen molar-refractivity contribution in [3.05, 3.63) is 64.7 Å². The standard InChI is InChI=1S/C17H19BrN6S/c1-2-23-11-14(8-20-23)7-19-17(25)22-16-9-21-24(12-16)10-13-3-5-15(18)6-4-13/h3-6,8-9,11-12H,2,7,10H2,1H3,(H2,19,22,25). The van der Waals surface area contributed by atoms with E-state index in [1.54, 1.807) is 6.20 Å². The molecule has 0 aliphatic carbocycles. The van der Waals surface area contributed by atoms with Gasteiger partial charge in [0, 0.05) is 35.5 Å². The first kappa shape index (κ1) is 17.6. The first-order valence-electron chi connectivity index (χ1n) is 7.95. The molecule has 0 saturated heterocycles. The molecule has 6 nitrogen and oxygen atoms in total. The quantitative estimate of drug-likeness (QED) is 0.600. The number of aromatic nitrogens is 4. The molecule has 0 aliphatic rings. The lowest BCUT2D eigenvalue weighted by atomic mass is 10.2. The van der Waals surface area contributed by atoms with Gasteiger partial charge in [0.2, 0.25) is 0 Å². The Morgan fingerprint density at radius 3 is 2.56 bits per heavy atom. The maximum Gasteiger partial charge on any atom is 0.171 e. The van der Waals surface area contributed by atoms with Crippen LogP contribution in [0.25, 0.3) is 0 Å². The number of benzene rings is 1. The minimum absolute atomic E-state index is 0.562. The van der Waals surface area contributed by atoms with Crippen LogP contribution in [-0.4, -0.2) is 24.7 Å². The predicted octanol–water partition coefficient (Wildman–Crippen LogP) is 3.40. The van der Waals surface area contributed by atoms with E-state index in [4.69, 9.17) is 12.2 Å². The summed E-state index contributed by atoms with van der Waals surface area (Å²) in [5.41, 5.74) is 3.14. The minimum Gasteiger partial charge on any atom is -0.358 e.